The molecule has 0 saturated heterocycles. The molecule has 0 bridgehead atoms. The molecule has 0 saturated carbocycles. The van der Waals surface area contributed by atoms with Crippen molar-refractivity contribution in [1.29, 1.82) is 0 Å². The summed E-state index contributed by atoms with van der Waals surface area (Å²) in [5.74, 6) is 0.615. The molecule has 0 aliphatic carbocycles. The molecule has 3 N–H and O–H groups in total. The molecular formula is C19H22BN4O2+. The lowest BCUT2D eigenvalue weighted by Crippen LogP contribution is -2.87. The van der Waals surface area contributed by atoms with Crippen molar-refractivity contribution in [3.63, 3.8) is 0 Å². The van der Waals surface area contributed by atoms with Crippen molar-refractivity contribution in [1.82, 2.24) is 5.32 Å². The molecule has 2 aromatic rings. The van der Waals surface area contributed by atoms with E-state index in [0.717, 1.165) is 22.3 Å². The van der Waals surface area contributed by atoms with E-state index < -0.39 is 0 Å². The van der Waals surface area contributed by atoms with E-state index in [4.69, 9.17) is 17.4 Å². The van der Waals surface area contributed by atoms with E-state index in [2.05, 4.69) is 15.6 Å². The molecular weight excluding hydrogens is 327 g/mol. The number of benzene rings is 2. The minimum absolute atomic E-state index is 0.0204. The van der Waals surface area contributed by atoms with Crippen molar-refractivity contribution < 1.29 is 15.0 Å². The van der Waals surface area contributed by atoms with Crippen LogP contribution >= 0.6 is 0 Å². The molecule has 26 heavy (non-hydrogen) atoms. The van der Waals surface area contributed by atoms with Crippen LogP contribution in [0.2, 0.25) is 0 Å². The molecule has 0 fully saturated rings. The number of hydrogen-bond donors (Lipinski definition) is 2. The average molecular weight is 349 g/mol. The van der Waals surface area contributed by atoms with Crippen molar-refractivity contribution in [2.75, 3.05) is 0 Å². The second-order valence-corrected chi connectivity index (χ2v) is 6.12. The van der Waals surface area contributed by atoms with E-state index in [1.54, 1.807) is 5.43 Å². The van der Waals surface area contributed by atoms with Gasteiger partial charge in [-0.05, 0) is 36.6 Å². The van der Waals surface area contributed by atoms with Crippen LogP contribution < -0.4 is 16.2 Å². The molecule has 2 aromatic carbocycles. The predicted octanol–water partition coefficient (Wildman–Crippen LogP) is 0.590. The summed E-state index contributed by atoms with van der Waals surface area (Å²) in [6, 6.07) is 17.3. The molecule has 0 spiro atoms. The molecule has 0 amide bonds. The first-order chi connectivity index (χ1) is 12.6. The summed E-state index contributed by atoms with van der Waals surface area (Å²) < 4.78 is 5.83. The van der Waals surface area contributed by atoms with Crippen LogP contribution in [0.4, 0.5) is 0 Å². The zero-order valence-electron chi connectivity index (χ0n) is 14.9. The minimum Gasteiger partial charge on any atom is -0.404 e. The second kappa shape index (κ2) is 8.64. The Bertz CT molecular complexity index is 778. The molecule has 2 atom stereocenters. The maximum absolute atomic E-state index is 5.83. The van der Waals surface area contributed by atoms with E-state index in [-0.39, 0.29) is 12.4 Å². The first kappa shape index (κ1) is 18.2. The van der Waals surface area contributed by atoms with Gasteiger partial charge >= 0.3 is 6.35 Å². The van der Waals surface area contributed by atoms with E-state index in [0.29, 0.717) is 12.5 Å². The smallest absolute Gasteiger partial charge is 0.318 e. The van der Waals surface area contributed by atoms with E-state index in [1.807, 2.05) is 68.4 Å². The molecule has 132 valence electrons. The van der Waals surface area contributed by atoms with Crippen molar-refractivity contribution in [2.24, 2.45) is 10.3 Å². The van der Waals surface area contributed by atoms with Crippen LogP contribution in [0.25, 0.3) is 0 Å². The van der Waals surface area contributed by atoms with E-state index >= 15 is 0 Å². The van der Waals surface area contributed by atoms with Crippen LogP contribution in [0, 0.1) is 0 Å². The number of nitrogens with zero attached hydrogens (tertiary/aromatic N) is 2. The number of nitrogens with one attached hydrogen (secondary N) is 1. The van der Waals surface area contributed by atoms with Gasteiger partial charge in [0.2, 0.25) is 0 Å². The Balaban J connectivity index is 1.45. The molecule has 7 heteroatoms. The second-order valence-electron chi connectivity index (χ2n) is 6.12. The fourth-order valence-electron chi connectivity index (χ4n) is 2.39. The van der Waals surface area contributed by atoms with Gasteiger partial charge in [0, 0.05) is 5.56 Å². The van der Waals surface area contributed by atoms with Gasteiger partial charge < -0.3 is 9.57 Å². The SMILES string of the molecule is [B]c1ccc(CON=C(C)C(C)NC2[NH2+]N=C(c3ccccc3)O2)cc1. The standard InChI is InChI=1S/C19H21BN4O2/c1-13(14(2)24-25-12-15-8-10-17(20)11-9-15)21-19-23-22-18(26-19)16-6-4-3-5-7-16/h3-11,13,19,21,23H,12H2,1-2H3/p+1. The maximum atomic E-state index is 5.83. The Hall–Kier alpha value is -2.64. The number of ether oxygens (including phenoxy) is 1. The molecule has 2 unspecified atom stereocenters. The lowest BCUT2D eigenvalue weighted by atomic mass is 9.95. The summed E-state index contributed by atoms with van der Waals surface area (Å²) in [6.45, 7) is 4.31. The molecule has 1 aliphatic rings. The zero-order chi connectivity index (χ0) is 18.4. The van der Waals surface area contributed by atoms with E-state index in [1.165, 1.54) is 0 Å². The first-order valence-electron chi connectivity index (χ1n) is 8.52. The molecule has 2 radical (unpaired) electrons. The van der Waals surface area contributed by atoms with Gasteiger partial charge in [-0.2, -0.15) is 5.43 Å². The molecule has 1 aliphatic heterocycles. The Labute approximate surface area is 154 Å². The molecule has 3 rings (SSSR count). The van der Waals surface area contributed by atoms with Gasteiger partial charge in [0.05, 0.1) is 11.8 Å². The summed E-state index contributed by atoms with van der Waals surface area (Å²) in [6.07, 6.45) is -0.289. The Morgan fingerprint density at radius 3 is 2.73 bits per heavy atom. The van der Waals surface area contributed by atoms with Crippen LogP contribution in [0.1, 0.15) is 25.0 Å². The van der Waals surface area contributed by atoms with Gasteiger partial charge in [-0.25, -0.2) is 5.32 Å². The quantitative estimate of drug-likeness (QED) is 0.333. The molecule has 0 aromatic heterocycles. The van der Waals surface area contributed by atoms with Crippen molar-refractivity contribution >= 4 is 24.9 Å². The summed E-state index contributed by atoms with van der Waals surface area (Å²) in [5.41, 5.74) is 5.28. The van der Waals surface area contributed by atoms with Crippen LogP contribution in [0.5, 0.6) is 0 Å². The van der Waals surface area contributed by atoms with Gasteiger partial charge in [0.25, 0.3) is 5.90 Å². The highest BCUT2D eigenvalue weighted by Crippen LogP contribution is 2.05. The first-order valence-corrected chi connectivity index (χ1v) is 8.52. The third kappa shape index (κ3) is 4.94. The van der Waals surface area contributed by atoms with Crippen LogP contribution in [0.15, 0.2) is 64.9 Å². The highest BCUT2D eigenvalue weighted by atomic mass is 16.6. The van der Waals surface area contributed by atoms with Gasteiger partial charge in [-0.3, -0.25) is 0 Å². The van der Waals surface area contributed by atoms with Crippen molar-refractivity contribution in [3.8, 4) is 0 Å². The predicted molar refractivity (Wildman–Crippen MR) is 102 cm³/mol. The number of oxime groups is 1. The lowest BCUT2D eigenvalue weighted by molar-refractivity contribution is -0.717. The van der Waals surface area contributed by atoms with Gasteiger partial charge in [-0.1, -0.05) is 53.1 Å². The lowest BCUT2D eigenvalue weighted by Gasteiger charge is -2.15. The number of hydrogen-bond acceptors (Lipinski definition) is 5. The molecule has 1 heterocycles. The summed E-state index contributed by atoms with van der Waals surface area (Å²) in [7, 11) is 5.67. The average Bonchev–Trinajstić information content (AvgIpc) is 3.12. The van der Waals surface area contributed by atoms with Crippen LogP contribution in [0.3, 0.4) is 0 Å². The van der Waals surface area contributed by atoms with Gasteiger partial charge in [0.1, 0.15) is 14.5 Å². The van der Waals surface area contributed by atoms with Gasteiger partial charge in [-0.15, -0.1) is 0 Å². The summed E-state index contributed by atoms with van der Waals surface area (Å²) in [4.78, 5) is 5.42. The zero-order valence-corrected chi connectivity index (χ0v) is 14.9. The Kier molecular flexibility index (Phi) is 6.04. The topological polar surface area (TPSA) is 71.8 Å². The minimum atomic E-state index is -0.289. The number of nitrogens with two attached hydrogens (primary N) is 1. The maximum Gasteiger partial charge on any atom is 0.318 e. The highest BCUT2D eigenvalue weighted by Gasteiger charge is 2.27. The van der Waals surface area contributed by atoms with Crippen LogP contribution in [-0.4, -0.2) is 31.8 Å². The Morgan fingerprint density at radius 1 is 1.27 bits per heavy atom. The molecule has 6 nitrogen and oxygen atoms in total. The van der Waals surface area contributed by atoms with Crippen molar-refractivity contribution in [2.45, 2.75) is 32.8 Å². The van der Waals surface area contributed by atoms with Gasteiger partial charge in [0.15, 0.2) is 0 Å². The Morgan fingerprint density at radius 2 is 2.00 bits per heavy atom. The van der Waals surface area contributed by atoms with Crippen molar-refractivity contribution in [3.05, 3.63) is 65.7 Å². The normalized spacial score (nSPS) is 18.2. The van der Waals surface area contributed by atoms with Crippen LogP contribution in [-0.2, 0) is 16.2 Å². The third-order valence-electron chi connectivity index (χ3n) is 4.05. The number of quaternary nitrogens is 1. The summed E-state index contributed by atoms with van der Waals surface area (Å²) in [5, 5.41) is 11.8. The summed E-state index contributed by atoms with van der Waals surface area (Å²) >= 11 is 0. The fourth-order valence-corrected chi connectivity index (χ4v) is 2.39. The van der Waals surface area contributed by atoms with E-state index in [9.17, 15) is 0 Å². The highest BCUT2D eigenvalue weighted by molar-refractivity contribution is 6.32. The largest absolute Gasteiger partial charge is 0.404 e. The number of rotatable bonds is 7. The monoisotopic (exact) mass is 349 g/mol. The fraction of sp³-hybridized carbons (Fsp3) is 0.263. The third-order valence-corrected chi connectivity index (χ3v) is 4.05.